The first-order valence-electron chi connectivity index (χ1n) is 18.1. The minimum absolute atomic E-state index is 0.00359. The second kappa shape index (κ2) is 16.4. The van der Waals surface area contributed by atoms with Gasteiger partial charge in [0.1, 0.15) is 17.1 Å². The molecule has 0 spiro atoms. The van der Waals surface area contributed by atoms with Gasteiger partial charge in [0.25, 0.3) is 17.7 Å². The minimum Gasteiger partial charge on any atom is -0.493 e. The van der Waals surface area contributed by atoms with Gasteiger partial charge in [0.05, 0.1) is 41.0 Å². The zero-order chi connectivity index (χ0) is 38.5. The third-order valence-corrected chi connectivity index (χ3v) is 9.62. The Kier molecular flexibility index (Phi) is 11.5. The maximum absolute atomic E-state index is 13.3. The number of aliphatic hydroxyl groups is 1. The summed E-state index contributed by atoms with van der Waals surface area (Å²) in [5.41, 5.74) is 4.67. The smallest absolute Gasteiger partial charge is 0.272 e. The molecule has 1 fully saturated rings. The lowest BCUT2D eigenvalue weighted by atomic mass is 10.1. The minimum atomic E-state index is -0.401. The third-order valence-electron chi connectivity index (χ3n) is 9.62. The average Bonchev–Trinajstić information content (AvgIpc) is 3.91. The number of nitrogens with one attached hydrogen (secondary N) is 3. The fourth-order valence-corrected chi connectivity index (χ4v) is 6.84. The monoisotopic (exact) mass is 738 g/mol. The molecule has 0 saturated carbocycles. The standard InChI is InChI=1S/C39H46N8O7/c1-24-14-29-30(41-20-28-8-5-11-47(28)39(29)53)19-35(24)54-13-6-9-36(50)42-26-17-31(45(3)22-26)34(49)16-25-15-32(44(2)21-25)38(52)43-27-18-33(46(4)23-27)37(51)40-10-7-12-48/h14-15,17-23,28,48H,5-13,16H2,1-4H3,(H,40,51)(H,42,50)(H,43,52). The Morgan fingerprint density at radius 1 is 0.889 bits per heavy atom. The summed E-state index contributed by atoms with van der Waals surface area (Å²) >= 11 is 0. The van der Waals surface area contributed by atoms with Crippen molar-refractivity contribution in [1.29, 1.82) is 0 Å². The van der Waals surface area contributed by atoms with Crippen LogP contribution < -0.4 is 20.7 Å². The van der Waals surface area contributed by atoms with Crippen LogP contribution in [0, 0.1) is 6.92 Å². The number of amides is 4. The number of aliphatic imine (C=N–C) groups is 1. The first-order valence-corrected chi connectivity index (χ1v) is 18.1. The van der Waals surface area contributed by atoms with Gasteiger partial charge in [-0.3, -0.25) is 29.0 Å². The number of Topliss-reactive ketones (excluding diaryl/α,β-unsaturated/α-hetero) is 1. The summed E-state index contributed by atoms with van der Waals surface area (Å²) in [4.78, 5) is 71.2. The Morgan fingerprint density at radius 3 is 2.37 bits per heavy atom. The van der Waals surface area contributed by atoms with Crippen LogP contribution in [0.2, 0.25) is 0 Å². The molecule has 1 aromatic carbocycles. The molecule has 3 aromatic heterocycles. The van der Waals surface area contributed by atoms with E-state index in [0.29, 0.717) is 77.0 Å². The molecule has 4 aromatic rings. The van der Waals surface area contributed by atoms with Gasteiger partial charge < -0.3 is 44.4 Å². The van der Waals surface area contributed by atoms with E-state index in [1.807, 2.05) is 24.1 Å². The second-order valence-electron chi connectivity index (χ2n) is 13.8. The van der Waals surface area contributed by atoms with Crippen molar-refractivity contribution in [1.82, 2.24) is 23.9 Å². The van der Waals surface area contributed by atoms with Crippen LogP contribution in [0.4, 0.5) is 17.1 Å². The number of rotatable bonds is 15. The molecule has 54 heavy (non-hydrogen) atoms. The van der Waals surface area contributed by atoms with Gasteiger partial charge in [-0.25, -0.2) is 0 Å². The Bertz CT molecular complexity index is 2120. The van der Waals surface area contributed by atoms with Gasteiger partial charge in [-0.05, 0) is 68.0 Å². The largest absolute Gasteiger partial charge is 0.493 e. The van der Waals surface area contributed by atoms with Crippen molar-refractivity contribution in [3.05, 3.63) is 82.7 Å². The number of aromatic nitrogens is 3. The van der Waals surface area contributed by atoms with Gasteiger partial charge in [-0.15, -0.1) is 0 Å². The molecule has 0 aliphatic carbocycles. The predicted octanol–water partition coefficient (Wildman–Crippen LogP) is 3.92. The first-order chi connectivity index (χ1) is 25.9. The molecule has 2 aliphatic rings. The molecule has 1 unspecified atom stereocenters. The summed E-state index contributed by atoms with van der Waals surface area (Å²) in [5.74, 6) is -0.501. The number of fused-ring (bicyclic) bond motifs is 2. The highest BCUT2D eigenvalue weighted by Crippen LogP contribution is 2.34. The second-order valence-corrected chi connectivity index (χ2v) is 13.8. The van der Waals surface area contributed by atoms with Gasteiger partial charge >= 0.3 is 0 Å². The summed E-state index contributed by atoms with van der Waals surface area (Å²) < 4.78 is 10.9. The molecule has 284 valence electrons. The van der Waals surface area contributed by atoms with Crippen LogP contribution in [0.3, 0.4) is 0 Å². The van der Waals surface area contributed by atoms with E-state index < -0.39 is 5.91 Å². The number of ketones is 1. The Labute approximate surface area is 313 Å². The van der Waals surface area contributed by atoms with Crippen molar-refractivity contribution < 1.29 is 33.8 Å². The van der Waals surface area contributed by atoms with Gasteiger partial charge in [0.15, 0.2) is 5.78 Å². The van der Waals surface area contributed by atoms with Crippen LogP contribution >= 0.6 is 0 Å². The maximum atomic E-state index is 13.3. The number of anilines is 2. The lowest BCUT2D eigenvalue weighted by Crippen LogP contribution is -2.35. The molecule has 6 rings (SSSR count). The van der Waals surface area contributed by atoms with Crippen molar-refractivity contribution in [2.75, 3.05) is 36.9 Å². The number of aliphatic hydroxyl groups excluding tert-OH is 1. The molecule has 4 N–H and O–H groups in total. The number of aryl methyl sites for hydroxylation is 4. The van der Waals surface area contributed by atoms with E-state index in [0.717, 1.165) is 24.9 Å². The van der Waals surface area contributed by atoms with Crippen molar-refractivity contribution in [2.24, 2.45) is 26.1 Å². The zero-order valence-corrected chi connectivity index (χ0v) is 31.0. The summed E-state index contributed by atoms with van der Waals surface area (Å²) in [5, 5.41) is 17.3. The highest BCUT2D eigenvalue weighted by molar-refractivity contribution is 6.05. The van der Waals surface area contributed by atoms with E-state index in [4.69, 9.17) is 9.84 Å². The summed E-state index contributed by atoms with van der Waals surface area (Å²) in [6.45, 7) is 3.23. The topological polar surface area (TPSA) is 181 Å². The number of hydrogen-bond donors (Lipinski definition) is 4. The number of benzene rings is 1. The summed E-state index contributed by atoms with van der Waals surface area (Å²) in [7, 11) is 5.14. The lowest BCUT2D eigenvalue weighted by Gasteiger charge is -2.20. The lowest BCUT2D eigenvalue weighted by molar-refractivity contribution is -0.116. The first kappa shape index (κ1) is 37.8. The molecule has 0 radical (unpaired) electrons. The fourth-order valence-electron chi connectivity index (χ4n) is 6.84. The number of carbonyl (C=O) groups excluding carboxylic acids is 5. The van der Waals surface area contributed by atoms with Crippen LogP contribution in [-0.2, 0) is 32.4 Å². The fraction of sp³-hybridized carbons (Fsp3) is 0.385. The van der Waals surface area contributed by atoms with E-state index in [1.54, 1.807) is 77.7 Å². The van der Waals surface area contributed by atoms with Crippen molar-refractivity contribution in [3.8, 4) is 5.75 Å². The van der Waals surface area contributed by atoms with E-state index in [2.05, 4.69) is 20.9 Å². The molecule has 5 heterocycles. The number of hydrogen-bond acceptors (Lipinski definition) is 8. The molecule has 2 aliphatic heterocycles. The number of carbonyl (C=O) groups is 5. The molecular formula is C39H46N8O7. The Morgan fingerprint density at radius 2 is 1.59 bits per heavy atom. The molecule has 15 nitrogen and oxygen atoms in total. The van der Waals surface area contributed by atoms with Crippen LogP contribution in [0.5, 0.6) is 5.75 Å². The van der Waals surface area contributed by atoms with Gasteiger partial charge in [0.2, 0.25) is 5.91 Å². The van der Waals surface area contributed by atoms with Gasteiger partial charge in [0, 0.05) is 84.6 Å². The van der Waals surface area contributed by atoms with Gasteiger partial charge in [-0.1, -0.05) is 0 Å². The van der Waals surface area contributed by atoms with Crippen molar-refractivity contribution in [3.63, 3.8) is 0 Å². The molecule has 1 saturated heterocycles. The molecule has 0 bridgehead atoms. The highest BCUT2D eigenvalue weighted by Gasteiger charge is 2.32. The third kappa shape index (κ3) is 8.46. The van der Waals surface area contributed by atoms with Crippen molar-refractivity contribution in [2.45, 2.75) is 51.5 Å². The molecule has 15 heteroatoms. The quantitative estimate of drug-likeness (QED) is 0.105. The molecule has 4 amide bonds. The Balaban J connectivity index is 0.982. The number of nitrogens with zero attached hydrogens (tertiary/aromatic N) is 5. The normalized spacial score (nSPS) is 14.7. The van der Waals surface area contributed by atoms with Crippen LogP contribution in [0.25, 0.3) is 0 Å². The average molecular weight is 739 g/mol. The number of ether oxygens (including phenoxy) is 1. The zero-order valence-electron chi connectivity index (χ0n) is 31.0. The van der Waals surface area contributed by atoms with Crippen LogP contribution in [-0.4, -0.2) is 91.7 Å². The highest BCUT2D eigenvalue weighted by atomic mass is 16.5. The SMILES string of the molecule is Cc1cc2c(cc1OCCCC(=O)Nc1cc(C(=O)Cc3cc(C(=O)Nc4cc(C(=O)NCCCO)n(C)c4)n(C)c3)n(C)c1)N=CC1CCCN1C2=O. The van der Waals surface area contributed by atoms with Gasteiger partial charge in [-0.2, -0.15) is 0 Å². The predicted molar refractivity (Wildman–Crippen MR) is 203 cm³/mol. The van der Waals surface area contributed by atoms with E-state index in [1.165, 1.54) is 0 Å². The van der Waals surface area contributed by atoms with E-state index >= 15 is 0 Å². The van der Waals surface area contributed by atoms with Crippen molar-refractivity contribution >= 4 is 52.7 Å². The summed E-state index contributed by atoms with van der Waals surface area (Å²) in [6, 6.07) is 8.50. The van der Waals surface area contributed by atoms with E-state index in [-0.39, 0.29) is 49.0 Å². The maximum Gasteiger partial charge on any atom is 0.272 e. The van der Waals surface area contributed by atoms with E-state index in [9.17, 15) is 24.0 Å². The molecule has 1 atom stereocenters. The summed E-state index contributed by atoms with van der Waals surface area (Å²) in [6.07, 6.45) is 9.90. The van der Waals surface area contributed by atoms with Crippen LogP contribution in [0.15, 0.2) is 53.9 Å². The molecular weight excluding hydrogens is 692 g/mol. The van der Waals surface area contributed by atoms with Crippen LogP contribution in [0.1, 0.15) is 85.1 Å². The Hall–Kier alpha value is -5.96.